The SMILES string of the molecule is CC(C)N1CCN=C(/C=C/c2ccc(Cl)c(Cl)c2)c2ccccc21.Cl.Cl. The van der Waals surface area contributed by atoms with Crippen LogP contribution in [-0.2, 0) is 0 Å². The molecule has 2 aromatic rings. The number of hydrogen-bond acceptors (Lipinski definition) is 2. The van der Waals surface area contributed by atoms with Gasteiger partial charge in [0.25, 0.3) is 0 Å². The zero-order chi connectivity index (χ0) is 17.1. The quantitative estimate of drug-likeness (QED) is 0.536. The third-order valence-corrected chi connectivity index (χ3v) is 4.85. The Morgan fingerprint density at radius 3 is 2.42 bits per heavy atom. The molecular weight excluding hydrogens is 410 g/mol. The number of halogens is 4. The first kappa shape index (κ1) is 22.9. The Labute approximate surface area is 177 Å². The molecule has 0 aromatic heterocycles. The summed E-state index contributed by atoms with van der Waals surface area (Å²) in [7, 11) is 0. The van der Waals surface area contributed by atoms with Gasteiger partial charge < -0.3 is 4.90 Å². The highest BCUT2D eigenvalue weighted by Crippen LogP contribution is 2.27. The summed E-state index contributed by atoms with van der Waals surface area (Å²) in [5.41, 5.74) is 4.41. The van der Waals surface area contributed by atoms with Gasteiger partial charge >= 0.3 is 0 Å². The molecule has 0 saturated heterocycles. The van der Waals surface area contributed by atoms with Crippen molar-refractivity contribution in [3.05, 3.63) is 69.7 Å². The fourth-order valence-electron chi connectivity index (χ4n) is 2.89. The third-order valence-electron chi connectivity index (χ3n) is 4.11. The van der Waals surface area contributed by atoms with E-state index in [0.29, 0.717) is 16.1 Å². The van der Waals surface area contributed by atoms with E-state index in [9.17, 15) is 0 Å². The van der Waals surface area contributed by atoms with Gasteiger partial charge in [-0.3, -0.25) is 4.99 Å². The second-order valence-electron chi connectivity index (χ2n) is 6.08. The third kappa shape index (κ3) is 5.17. The van der Waals surface area contributed by atoms with Crippen LogP contribution in [0.4, 0.5) is 5.69 Å². The molecule has 6 heteroatoms. The number of allylic oxidation sites excluding steroid dienone is 1. The van der Waals surface area contributed by atoms with Crippen LogP contribution in [0.3, 0.4) is 0 Å². The number of benzene rings is 2. The number of aliphatic imine (C=N–C) groups is 1. The summed E-state index contributed by atoms with van der Waals surface area (Å²) in [5.74, 6) is 0. The van der Waals surface area contributed by atoms with Crippen molar-refractivity contribution in [3.63, 3.8) is 0 Å². The van der Waals surface area contributed by atoms with Crippen molar-refractivity contribution < 1.29 is 0 Å². The summed E-state index contributed by atoms with van der Waals surface area (Å²) in [6.07, 6.45) is 4.09. The number of nitrogens with zero attached hydrogens (tertiary/aromatic N) is 2. The second-order valence-corrected chi connectivity index (χ2v) is 6.89. The summed E-state index contributed by atoms with van der Waals surface area (Å²) in [6, 6.07) is 14.5. The van der Waals surface area contributed by atoms with Crippen LogP contribution in [0.25, 0.3) is 6.08 Å². The summed E-state index contributed by atoms with van der Waals surface area (Å²) < 4.78 is 0. The molecule has 1 aliphatic heterocycles. The lowest BCUT2D eigenvalue weighted by atomic mass is 10.0. The van der Waals surface area contributed by atoms with Crippen molar-refractivity contribution >= 4 is 65.5 Å². The van der Waals surface area contributed by atoms with Gasteiger partial charge in [0.1, 0.15) is 0 Å². The van der Waals surface area contributed by atoms with Crippen LogP contribution in [0.5, 0.6) is 0 Å². The summed E-state index contributed by atoms with van der Waals surface area (Å²) in [4.78, 5) is 7.18. The van der Waals surface area contributed by atoms with Crippen molar-refractivity contribution in [1.29, 1.82) is 0 Å². The maximum Gasteiger partial charge on any atom is 0.0668 e. The van der Waals surface area contributed by atoms with Crippen LogP contribution in [0.2, 0.25) is 10.0 Å². The second kappa shape index (κ2) is 10.2. The van der Waals surface area contributed by atoms with Crippen molar-refractivity contribution in [1.82, 2.24) is 0 Å². The van der Waals surface area contributed by atoms with Crippen LogP contribution in [0.15, 0.2) is 53.5 Å². The predicted molar refractivity (Wildman–Crippen MR) is 120 cm³/mol. The van der Waals surface area contributed by atoms with Crippen molar-refractivity contribution in [3.8, 4) is 0 Å². The standard InChI is InChI=1S/C20H20Cl2N2.2ClH/c1-14(2)24-12-11-23-19(16-5-3-4-6-20(16)24)10-8-15-7-9-17(21)18(22)13-15;;/h3-10,13-14H,11-12H2,1-2H3;2*1H/b10-8+;;. The van der Waals surface area contributed by atoms with Crippen LogP contribution >= 0.6 is 48.0 Å². The van der Waals surface area contributed by atoms with E-state index in [1.54, 1.807) is 0 Å². The van der Waals surface area contributed by atoms with Crippen molar-refractivity contribution in [2.24, 2.45) is 4.99 Å². The van der Waals surface area contributed by atoms with Gasteiger partial charge in [0.15, 0.2) is 0 Å². The molecule has 0 bridgehead atoms. The molecule has 0 N–H and O–H groups in total. The molecule has 1 aliphatic rings. The van der Waals surface area contributed by atoms with Gasteiger partial charge in [0.2, 0.25) is 0 Å². The van der Waals surface area contributed by atoms with Gasteiger partial charge in [-0.15, -0.1) is 24.8 Å². The zero-order valence-electron chi connectivity index (χ0n) is 14.7. The summed E-state index contributed by atoms with van der Waals surface area (Å²) in [5, 5.41) is 1.13. The zero-order valence-corrected chi connectivity index (χ0v) is 17.8. The molecule has 140 valence electrons. The van der Waals surface area contributed by atoms with E-state index in [1.165, 1.54) is 11.3 Å². The fraction of sp³-hybridized carbons (Fsp3) is 0.250. The molecule has 0 amide bonds. The highest BCUT2D eigenvalue weighted by molar-refractivity contribution is 6.42. The van der Waals surface area contributed by atoms with E-state index in [4.69, 9.17) is 28.2 Å². The lowest BCUT2D eigenvalue weighted by Gasteiger charge is -2.28. The Bertz CT molecular complexity index is 800. The number of hydrogen-bond donors (Lipinski definition) is 0. The van der Waals surface area contributed by atoms with Crippen LogP contribution < -0.4 is 4.90 Å². The van der Waals surface area contributed by atoms with E-state index in [1.807, 2.05) is 24.3 Å². The van der Waals surface area contributed by atoms with Crippen molar-refractivity contribution in [2.45, 2.75) is 19.9 Å². The molecule has 0 spiro atoms. The van der Waals surface area contributed by atoms with E-state index in [0.717, 1.165) is 24.4 Å². The Morgan fingerprint density at radius 2 is 1.73 bits per heavy atom. The average molecular weight is 432 g/mol. The summed E-state index contributed by atoms with van der Waals surface area (Å²) in [6.45, 7) is 6.15. The van der Waals surface area contributed by atoms with Crippen LogP contribution in [0, 0.1) is 0 Å². The first-order valence-electron chi connectivity index (χ1n) is 8.10. The molecular formula is C20H22Cl4N2. The smallest absolute Gasteiger partial charge is 0.0668 e. The van der Waals surface area contributed by atoms with Crippen LogP contribution in [-0.4, -0.2) is 24.8 Å². The monoisotopic (exact) mass is 430 g/mol. The lowest BCUT2D eigenvalue weighted by Crippen LogP contribution is -2.32. The largest absolute Gasteiger partial charge is 0.367 e. The minimum absolute atomic E-state index is 0. The van der Waals surface area contributed by atoms with E-state index in [2.05, 4.69) is 49.1 Å². The van der Waals surface area contributed by atoms with Crippen molar-refractivity contribution in [2.75, 3.05) is 18.0 Å². The molecule has 2 aromatic carbocycles. The molecule has 1 heterocycles. The van der Waals surface area contributed by atoms with E-state index >= 15 is 0 Å². The number of anilines is 1. The first-order valence-corrected chi connectivity index (χ1v) is 8.85. The molecule has 0 unspecified atom stereocenters. The number of rotatable bonds is 3. The van der Waals surface area contributed by atoms with Gasteiger partial charge in [-0.1, -0.05) is 53.5 Å². The minimum Gasteiger partial charge on any atom is -0.367 e. The Hall–Kier alpha value is -1.19. The predicted octanol–water partition coefficient (Wildman–Crippen LogP) is 6.57. The molecule has 2 nitrogen and oxygen atoms in total. The maximum absolute atomic E-state index is 6.09. The van der Waals surface area contributed by atoms with Crippen LogP contribution in [0.1, 0.15) is 25.0 Å². The average Bonchev–Trinajstić information content (AvgIpc) is 2.75. The van der Waals surface area contributed by atoms with Gasteiger partial charge in [-0.05, 0) is 43.7 Å². The molecule has 0 radical (unpaired) electrons. The van der Waals surface area contributed by atoms with E-state index < -0.39 is 0 Å². The highest BCUT2D eigenvalue weighted by atomic mass is 35.5. The van der Waals surface area contributed by atoms with E-state index in [-0.39, 0.29) is 24.8 Å². The lowest BCUT2D eigenvalue weighted by molar-refractivity contribution is 0.688. The highest BCUT2D eigenvalue weighted by Gasteiger charge is 2.18. The summed E-state index contributed by atoms with van der Waals surface area (Å²) >= 11 is 12.1. The Kier molecular flexibility index (Phi) is 8.99. The van der Waals surface area contributed by atoms with Gasteiger partial charge in [-0.2, -0.15) is 0 Å². The fourth-order valence-corrected chi connectivity index (χ4v) is 3.20. The first-order chi connectivity index (χ1) is 11.6. The molecule has 0 atom stereocenters. The maximum atomic E-state index is 6.09. The Morgan fingerprint density at radius 1 is 1.00 bits per heavy atom. The molecule has 26 heavy (non-hydrogen) atoms. The topological polar surface area (TPSA) is 15.6 Å². The molecule has 0 fully saturated rings. The number of benzodiazepines with no additional fused rings is 1. The molecule has 3 rings (SSSR count). The van der Waals surface area contributed by atoms with Gasteiger partial charge in [-0.25, -0.2) is 0 Å². The number of fused-ring (bicyclic) bond motifs is 1. The molecule has 0 aliphatic carbocycles. The molecule has 0 saturated carbocycles. The minimum atomic E-state index is 0. The normalized spacial score (nSPS) is 13.6. The van der Waals surface area contributed by atoms with Gasteiger partial charge in [0, 0.05) is 23.8 Å². The number of para-hydroxylation sites is 1. The van der Waals surface area contributed by atoms with Gasteiger partial charge in [0.05, 0.1) is 22.3 Å². The Balaban J connectivity index is 0.00000169.